The van der Waals surface area contributed by atoms with Crippen molar-refractivity contribution in [3.63, 3.8) is 0 Å². The Kier molecular flexibility index (Phi) is 9.96. The molecule has 0 radical (unpaired) electrons. The summed E-state index contributed by atoms with van der Waals surface area (Å²) in [7, 11) is 1.78. The predicted octanol–water partition coefficient (Wildman–Crippen LogP) is 5.16. The van der Waals surface area contributed by atoms with Crippen LogP contribution >= 0.6 is 35.0 Å². The molecule has 37 heavy (non-hydrogen) atoms. The molecule has 0 saturated carbocycles. The van der Waals surface area contributed by atoms with E-state index in [2.05, 4.69) is 20.8 Å². The largest absolute Gasteiger partial charge is 0.462 e. The molecule has 3 rings (SSSR count). The molecule has 0 saturated heterocycles. The molecule has 12 heteroatoms. The number of carbonyl (C=O) groups excluding carboxylic acids is 3. The van der Waals surface area contributed by atoms with E-state index in [1.54, 1.807) is 54.9 Å². The maximum Gasteiger partial charge on any atom is 0.338 e. The Morgan fingerprint density at radius 3 is 2.41 bits per heavy atom. The van der Waals surface area contributed by atoms with E-state index in [1.807, 2.05) is 13.8 Å². The van der Waals surface area contributed by atoms with Crippen molar-refractivity contribution in [1.82, 2.24) is 20.1 Å². The van der Waals surface area contributed by atoms with E-state index in [1.165, 1.54) is 17.8 Å². The highest BCUT2D eigenvalue weighted by molar-refractivity contribution is 7.99. The van der Waals surface area contributed by atoms with Crippen molar-refractivity contribution in [3.05, 3.63) is 69.5 Å². The van der Waals surface area contributed by atoms with Gasteiger partial charge in [0.15, 0.2) is 11.0 Å². The van der Waals surface area contributed by atoms with Crippen molar-refractivity contribution in [1.29, 1.82) is 0 Å². The fraction of sp³-hybridized carbons (Fsp3) is 0.320. The van der Waals surface area contributed by atoms with Gasteiger partial charge in [-0.25, -0.2) is 4.79 Å². The minimum atomic E-state index is -0.446. The summed E-state index contributed by atoms with van der Waals surface area (Å²) in [6.45, 7) is 5.94. The molecule has 0 spiro atoms. The summed E-state index contributed by atoms with van der Waals surface area (Å²) in [5.41, 5.74) is 1.27. The number of aromatic nitrogens is 3. The van der Waals surface area contributed by atoms with Crippen LogP contribution in [0.1, 0.15) is 53.4 Å². The second-order valence-electron chi connectivity index (χ2n) is 8.35. The van der Waals surface area contributed by atoms with E-state index < -0.39 is 12.0 Å². The van der Waals surface area contributed by atoms with Gasteiger partial charge in [-0.15, -0.1) is 10.2 Å². The molecular weight excluding hydrogens is 537 g/mol. The number of amides is 2. The van der Waals surface area contributed by atoms with Crippen molar-refractivity contribution in [2.75, 3.05) is 17.7 Å². The average molecular weight is 564 g/mol. The molecule has 0 aliphatic carbocycles. The zero-order valence-corrected chi connectivity index (χ0v) is 23.1. The third kappa shape index (κ3) is 7.47. The molecule has 0 unspecified atom stereocenters. The molecule has 1 heterocycles. The number of halogens is 2. The van der Waals surface area contributed by atoms with E-state index in [0.717, 1.165) is 0 Å². The summed E-state index contributed by atoms with van der Waals surface area (Å²) < 4.78 is 6.71. The Morgan fingerprint density at radius 1 is 1.08 bits per heavy atom. The molecule has 2 N–H and O–H groups in total. The molecule has 1 aromatic heterocycles. The van der Waals surface area contributed by atoms with Crippen LogP contribution in [0.15, 0.2) is 47.6 Å². The molecule has 0 aliphatic rings. The highest BCUT2D eigenvalue weighted by Crippen LogP contribution is 2.26. The first kappa shape index (κ1) is 28.5. The lowest BCUT2D eigenvalue weighted by Gasteiger charge is -2.22. The molecule has 1 atom stereocenters. The Morgan fingerprint density at radius 2 is 1.78 bits per heavy atom. The minimum absolute atomic E-state index is 0.00310. The van der Waals surface area contributed by atoms with Crippen molar-refractivity contribution in [2.45, 2.75) is 32.0 Å². The van der Waals surface area contributed by atoms with E-state index in [0.29, 0.717) is 39.4 Å². The first-order chi connectivity index (χ1) is 17.6. The van der Waals surface area contributed by atoms with Gasteiger partial charge in [0.1, 0.15) is 0 Å². The van der Waals surface area contributed by atoms with E-state index in [4.69, 9.17) is 27.9 Å². The summed E-state index contributed by atoms with van der Waals surface area (Å²) in [5.74, 6) is -0.385. The number of nitrogens with one attached hydrogen (secondary N) is 2. The summed E-state index contributed by atoms with van der Waals surface area (Å²) in [5, 5.41) is 15.4. The van der Waals surface area contributed by atoms with E-state index in [-0.39, 0.29) is 28.5 Å². The number of ether oxygens (including phenoxy) is 1. The van der Waals surface area contributed by atoms with Gasteiger partial charge < -0.3 is 19.9 Å². The number of benzene rings is 2. The van der Waals surface area contributed by atoms with Gasteiger partial charge in [0.25, 0.3) is 5.91 Å². The second-order valence-corrected chi connectivity index (χ2v) is 10.1. The summed E-state index contributed by atoms with van der Waals surface area (Å²) in [4.78, 5) is 37.1. The van der Waals surface area contributed by atoms with Gasteiger partial charge in [0, 0.05) is 17.8 Å². The van der Waals surface area contributed by atoms with E-state index in [9.17, 15) is 14.4 Å². The molecule has 2 amide bonds. The van der Waals surface area contributed by atoms with Crippen molar-refractivity contribution in [3.8, 4) is 0 Å². The van der Waals surface area contributed by atoms with Gasteiger partial charge in [-0.05, 0) is 55.3 Å². The Hall–Kier alpha value is -3.08. The zero-order valence-electron chi connectivity index (χ0n) is 20.7. The predicted molar refractivity (Wildman–Crippen MR) is 144 cm³/mol. The van der Waals surface area contributed by atoms with Crippen LogP contribution in [0, 0.1) is 5.92 Å². The smallest absolute Gasteiger partial charge is 0.338 e. The Labute approximate surface area is 229 Å². The van der Waals surface area contributed by atoms with Crippen LogP contribution in [-0.2, 0) is 16.6 Å². The monoisotopic (exact) mass is 563 g/mol. The fourth-order valence-electron chi connectivity index (χ4n) is 3.38. The number of esters is 1. The highest BCUT2D eigenvalue weighted by atomic mass is 35.5. The topological polar surface area (TPSA) is 115 Å². The van der Waals surface area contributed by atoms with Crippen LogP contribution in [0.5, 0.6) is 0 Å². The number of thioether (sulfide) groups is 1. The van der Waals surface area contributed by atoms with Crippen LogP contribution in [0.4, 0.5) is 5.69 Å². The average Bonchev–Trinajstić information content (AvgIpc) is 3.21. The molecular formula is C25H27Cl2N5O4S. The van der Waals surface area contributed by atoms with Crippen LogP contribution in [-0.4, -0.2) is 44.9 Å². The van der Waals surface area contributed by atoms with Gasteiger partial charge in [-0.3, -0.25) is 9.59 Å². The number of nitrogens with zero attached hydrogens (tertiary/aromatic N) is 3. The van der Waals surface area contributed by atoms with Gasteiger partial charge >= 0.3 is 5.97 Å². The maximum atomic E-state index is 12.9. The third-order valence-electron chi connectivity index (χ3n) is 5.29. The van der Waals surface area contributed by atoms with Gasteiger partial charge in [0.05, 0.1) is 34.6 Å². The van der Waals surface area contributed by atoms with Crippen LogP contribution < -0.4 is 10.6 Å². The number of hydrogen-bond acceptors (Lipinski definition) is 7. The summed E-state index contributed by atoms with van der Waals surface area (Å²) >= 11 is 13.3. The van der Waals surface area contributed by atoms with Gasteiger partial charge in [0.2, 0.25) is 5.91 Å². The first-order valence-corrected chi connectivity index (χ1v) is 13.2. The fourth-order valence-corrected chi connectivity index (χ4v) is 4.59. The third-order valence-corrected chi connectivity index (χ3v) is 6.86. The maximum absolute atomic E-state index is 12.9. The van der Waals surface area contributed by atoms with Gasteiger partial charge in [-0.2, -0.15) is 0 Å². The Balaban J connectivity index is 1.63. The number of hydrogen-bond donors (Lipinski definition) is 2. The zero-order chi connectivity index (χ0) is 27.1. The molecule has 2 aromatic carbocycles. The SMILES string of the molecule is CCOC(=O)c1ccc(NC(=O)CSc2nnc([C@H](NC(=O)c3ccc(Cl)cc3Cl)C(C)C)n2C)cc1. The molecule has 0 aliphatic heterocycles. The first-order valence-electron chi connectivity index (χ1n) is 11.5. The second kappa shape index (κ2) is 12.9. The molecule has 0 fully saturated rings. The summed E-state index contributed by atoms with van der Waals surface area (Å²) in [6, 6.07) is 10.7. The number of rotatable bonds is 10. The highest BCUT2D eigenvalue weighted by Gasteiger charge is 2.26. The van der Waals surface area contributed by atoms with Crippen LogP contribution in [0.3, 0.4) is 0 Å². The lowest BCUT2D eigenvalue weighted by Crippen LogP contribution is -2.33. The summed E-state index contributed by atoms with van der Waals surface area (Å²) in [6.07, 6.45) is 0. The van der Waals surface area contributed by atoms with Gasteiger partial charge in [-0.1, -0.05) is 48.8 Å². The lowest BCUT2D eigenvalue weighted by atomic mass is 10.0. The quantitative estimate of drug-likeness (QED) is 0.258. The molecule has 9 nitrogen and oxygen atoms in total. The minimum Gasteiger partial charge on any atom is -0.462 e. The van der Waals surface area contributed by atoms with Crippen molar-refractivity contribution >= 4 is 58.4 Å². The van der Waals surface area contributed by atoms with Crippen molar-refractivity contribution < 1.29 is 19.1 Å². The Bertz CT molecular complexity index is 1280. The normalized spacial score (nSPS) is 11.8. The molecule has 3 aromatic rings. The number of carbonyl (C=O) groups is 3. The number of anilines is 1. The molecule has 0 bridgehead atoms. The van der Waals surface area contributed by atoms with Crippen LogP contribution in [0.2, 0.25) is 10.0 Å². The molecule has 196 valence electrons. The lowest BCUT2D eigenvalue weighted by molar-refractivity contribution is -0.113. The van der Waals surface area contributed by atoms with Crippen molar-refractivity contribution in [2.24, 2.45) is 13.0 Å². The standard InChI is InChI=1S/C25H27Cl2N5O4S/c1-5-36-24(35)15-6-9-17(10-7-15)28-20(33)13-37-25-31-30-22(32(25)4)21(14(2)3)29-23(34)18-11-8-16(26)12-19(18)27/h6-12,14,21H,5,13H2,1-4H3,(H,28,33)(H,29,34)/t21-/m1/s1. The van der Waals surface area contributed by atoms with E-state index >= 15 is 0 Å². The van der Waals surface area contributed by atoms with Crippen LogP contribution in [0.25, 0.3) is 0 Å².